The number of imidazole rings is 1. The van der Waals surface area contributed by atoms with Crippen LogP contribution in [0, 0.1) is 12.8 Å². The van der Waals surface area contributed by atoms with Gasteiger partial charge in [0.2, 0.25) is 5.91 Å². The second kappa shape index (κ2) is 11.8. The molecular weight excluding hydrogens is 538 g/mol. The molecule has 4 aromatic heterocycles. The van der Waals surface area contributed by atoms with Crippen molar-refractivity contribution in [2.45, 2.75) is 52.2 Å². The number of amides is 1. The van der Waals surface area contributed by atoms with Crippen molar-refractivity contribution in [3.63, 3.8) is 0 Å². The summed E-state index contributed by atoms with van der Waals surface area (Å²) in [5.74, 6) is 2.05. The summed E-state index contributed by atoms with van der Waals surface area (Å²) in [7, 11) is 1.62. The number of nitrogens with zero attached hydrogens (tertiary/aromatic N) is 7. The Kier molecular flexibility index (Phi) is 7.84. The maximum absolute atomic E-state index is 12.7. The number of aromatic nitrogens is 6. The van der Waals surface area contributed by atoms with Crippen molar-refractivity contribution < 1.29 is 9.53 Å². The Bertz CT molecular complexity index is 1600. The lowest BCUT2D eigenvalue weighted by Gasteiger charge is -2.30. The number of rotatable bonds is 9. The third-order valence-electron chi connectivity index (χ3n) is 7.39. The third-order valence-corrected chi connectivity index (χ3v) is 8.14. The summed E-state index contributed by atoms with van der Waals surface area (Å²) in [5, 5.41) is 11.8. The standard InChI is InChI=1S/C29H35N9O2S/c1-19-6-5-9-36(14-19)17-23-11-27(41-35-23)34-28-29-30-13-25(38(29)15-20(2)32-28)21-12-31-37(16-21)18-26(39)33-22-7-4-8-24(10-22)40-3/h4,8,10-13,15-16,19,22H,5-7,9,14,17-18H2,1-3H3,(H,32,34)(H,33,39). The summed E-state index contributed by atoms with van der Waals surface area (Å²) in [6.07, 6.45) is 16.5. The largest absolute Gasteiger partial charge is 0.497 e. The number of hydrogen-bond donors (Lipinski definition) is 2. The first kappa shape index (κ1) is 27.2. The van der Waals surface area contributed by atoms with Crippen LogP contribution in [0.2, 0.25) is 0 Å². The number of nitrogens with one attached hydrogen (secondary N) is 2. The van der Waals surface area contributed by atoms with Crippen LogP contribution in [0.4, 0.5) is 10.8 Å². The molecular formula is C29H35N9O2S. The lowest BCUT2D eigenvalue weighted by Crippen LogP contribution is -2.36. The molecule has 1 saturated heterocycles. The second-order valence-electron chi connectivity index (χ2n) is 10.9. The molecule has 2 aliphatic rings. The van der Waals surface area contributed by atoms with Crippen molar-refractivity contribution in [1.82, 2.24) is 38.7 Å². The molecule has 5 heterocycles. The van der Waals surface area contributed by atoms with E-state index in [0.29, 0.717) is 11.5 Å². The number of carbonyl (C=O) groups is 1. The molecule has 0 radical (unpaired) electrons. The Morgan fingerprint density at radius 2 is 2.17 bits per heavy atom. The molecule has 214 valence electrons. The molecule has 0 bridgehead atoms. The highest BCUT2D eigenvalue weighted by molar-refractivity contribution is 7.10. The number of methoxy groups -OCH3 is 1. The Hall–Kier alpha value is -4.03. The summed E-state index contributed by atoms with van der Waals surface area (Å²) in [6, 6.07) is 2.01. The van der Waals surface area contributed by atoms with Gasteiger partial charge in [-0.2, -0.15) is 9.47 Å². The first-order valence-electron chi connectivity index (χ1n) is 14.0. The zero-order valence-electron chi connectivity index (χ0n) is 23.6. The number of anilines is 2. The van der Waals surface area contributed by atoms with Crippen LogP contribution in [0.5, 0.6) is 0 Å². The predicted molar refractivity (Wildman–Crippen MR) is 159 cm³/mol. The quantitative estimate of drug-likeness (QED) is 0.305. The average Bonchev–Trinajstić information content (AvgIpc) is 3.69. The first-order chi connectivity index (χ1) is 19.9. The van der Waals surface area contributed by atoms with E-state index in [-0.39, 0.29) is 18.5 Å². The summed E-state index contributed by atoms with van der Waals surface area (Å²) in [4.78, 5) is 24.6. The SMILES string of the molecule is COC1=CC(NC(=O)Cn2cc(-c3cnc4c(Nc5cc(CN6CCCC(C)C6)ns5)nc(C)cn34)cn2)CC=C1. The highest BCUT2D eigenvalue weighted by atomic mass is 32.1. The number of hydrogen-bond acceptors (Lipinski definition) is 9. The van der Waals surface area contributed by atoms with E-state index in [2.05, 4.69) is 43.0 Å². The van der Waals surface area contributed by atoms with Crippen LogP contribution < -0.4 is 10.6 Å². The Morgan fingerprint density at radius 1 is 1.27 bits per heavy atom. The van der Waals surface area contributed by atoms with E-state index in [1.807, 2.05) is 48.1 Å². The van der Waals surface area contributed by atoms with Gasteiger partial charge >= 0.3 is 0 Å². The van der Waals surface area contributed by atoms with E-state index in [1.54, 1.807) is 18.0 Å². The van der Waals surface area contributed by atoms with Gasteiger partial charge in [-0.1, -0.05) is 13.0 Å². The highest BCUT2D eigenvalue weighted by Crippen LogP contribution is 2.28. The van der Waals surface area contributed by atoms with Crippen LogP contribution in [0.3, 0.4) is 0 Å². The fourth-order valence-corrected chi connectivity index (χ4v) is 6.16. The second-order valence-corrected chi connectivity index (χ2v) is 11.7. The Labute approximate surface area is 243 Å². The summed E-state index contributed by atoms with van der Waals surface area (Å²) in [5.41, 5.74) is 4.37. The van der Waals surface area contributed by atoms with Crippen molar-refractivity contribution in [1.29, 1.82) is 0 Å². The normalized spacial score (nSPS) is 19.3. The van der Waals surface area contributed by atoms with Gasteiger partial charge in [0.05, 0.1) is 42.6 Å². The predicted octanol–water partition coefficient (Wildman–Crippen LogP) is 4.31. The number of ether oxygens (including phenoxy) is 1. The van der Waals surface area contributed by atoms with Crippen LogP contribution in [-0.2, 0) is 22.6 Å². The smallest absolute Gasteiger partial charge is 0.242 e. The molecule has 2 N–H and O–H groups in total. The summed E-state index contributed by atoms with van der Waals surface area (Å²) >= 11 is 1.44. The minimum Gasteiger partial charge on any atom is -0.497 e. The van der Waals surface area contributed by atoms with Crippen molar-refractivity contribution in [3.8, 4) is 11.3 Å². The number of piperidine rings is 1. The van der Waals surface area contributed by atoms with Gasteiger partial charge in [0.25, 0.3) is 0 Å². The first-order valence-corrected chi connectivity index (χ1v) is 14.7. The van der Waals surface area contributed by atoms with Gasteiger partial charge in [-0.15, -0.1) is 0 Å². The van der Waals surface area contributed by atoms with E-state index >= 15 is 0 Å². The molecule has 6 rings (SSSR count). The van der Waals surface area contributed by atoms with Gasteiger partial charge in [-0.3, -0.25) is 18.8 Å². The van der Waals surface area contributed by atoms with E-state index in [1.165, 1.54) is 24.4 Å². The fourth-order valence-electron chi connectivity index (χ4n) is 5.50. The van der Waals surface area contributed by atoms with E-state index in [9.17, 15) is 4.79 Å². The van der Waals surface area contributed by atoms with Crippen molar-refractivity contribution in [2.75, 3.05) is 25.5 Å². The van der Waals surface area contributed by atoms with Gasteiger partial charge < -0.3 is 15.4 Å². The molecule has 12 heteroatoms. The van der Waals surface area contributed by atoms with Crippen LogP contribution >= 0.6 is 11.5 Å². The summed E-state index contributed by atoms with van der Waals surface area (Å²) in [6.45, 7) is 7.53. The molecule has 0 aromatic carbocycles. The lowest BCUT2D eigenvalue weighted by molar-refractivity contribution is -0.122. The van der Waals surface area contributed by atoms with Crippen LogP contribution in [0.1, 0.15) is 37.6 Å². The van der Waals surface area contributed by atoms with E-state index in [4.69, 9.17) is 9.72 Å². The fraction of sp³-hybridized carbons (Fsp3) is 0.414. The molecule has 11 nitrogen and oxygen atoms in total. The zero-order valence-corrected chi connectivity index (χ0v) is 24.4. The third kappa shape index (κ3) is 6.33. The van der Waals surface area contributed by atoms with E-state index < -0.39 is 0 Å². The number of allylic oxidation sites excluding steroid dienone is 1. The maximum atomic E-state index is 12.7. The van der Waals surface area contributed by atoms with Crippen molar-refractivity contribution in [2.24, 2.45) is 5.92 Å². The van der Waals surface area contributed by atoms with Crippen LogP contribution in [0.25, 0.3) is 16.9 Å². The van der Waals surface area contributed by atoms with Crippen molar-refractivity contribution >= 4 is 33.9 Å². The lowest BCUT2D eigenvalue weighted by atomic mass is 10.0. The topological polar surface area (TPSA) is 114 Å². The summed E-state index contributed by atoms with van der Waals surface area (Å²) < 4.78 is 13.6. The van der Waals surface area contributed by atoms with Crippen molar-refractivity contribution in [3.05, 3.63) is 66.2 Å². The van der Waals surface area contributed by atoms with Crippen LogP contribution in [0.15, 0.2) is 54.8 Å². The highest BCUT2D eigenvalue weighted by Gasteiger charge is 2.19. The minimum absolute atomic E-state index is 0.0965. The minimum atomic E-state index is -0.116. The Balaban J connectivity index is 1.14. The molecule has 2 atom stereocenters. The number of likely N-dealkylation sites (tertiary alicyclic amines) is 1. The zero-order chi connectivity index (χ0) is 28.3. The maximum Gasteiger partial charge on any atom is 0.242 e. The number of fused-ring (bicyclic) bond motifs is 1. The van der Waals surface area contributed by atoms with Gasteiger partial charge in [-0.25, -0.2) is 9.97 Å². The van der Waals surface area contributed by atoms with Gasteiger partial charge in [0.1, 0.15) is 17.3 Å². The molecule has 2 unspecified atom stereocenters. The molecule has 4 aromatic rings. The monoisotopic (exact) mass is 573 g/mol. The number of aryl methyl sites for hydroxylation is 1. The van der Waals surface area contributed by atoms with Gasteiger partial charge in [0, 0.05) is 31.0 Å². The molecule has 1 aliphatic carbocycles. The molecule has 0 spiro atoms. The average molecular weight is 574 g/mol. The molecule has 0 saturated carbocycles. The molecule has 1 fully saturated rings. The Morgan fingerprint density at radius 3 is 3.02 bits per heavy atom. The number of carbonyl (C=O) groups excluding carboxylic acids is 1. The molecule has 1 amide bonds. The molecule has 41 heavy (non-hydrogen) atoms. The van der Waals surface area contributed by atoms with E-state index in [0.717, 1.165) is 65.4 Å². The van der Waals surface area contributed by atoms with Crippen LogP contribution in [-0.4, -0.2) is 65.6 Å². The van der Waals surface area contributed by atoms with Gasteiger partial charge in [0.15, 0.2) is 11.5 Å². The van der Waals surface area contributed by atoms with Gasteiger partial charge in [-0.05, 0) is 68.4 Å². The molecule has 1 aliphatic heterocycles.